The van der Waals surface area contributed by atoms with Crippen LogP contribution in [0.1, 0.15) is 19.4 Å². The van der Waals surface area contributed by atoms with E-state index in [0.29, 0.717) is 12.1 Å². The third-order valence-corrected chi connectivity index (χ3v) is 4.51. The molecule has 0 atom stereocenters. The van der Waals surface area contributed by atoms with Crippen LogP contribution in [0.25, 0.3) is 0 Å². The number of halogens is 1. The van der Waals surface area contributed by atoms with Crippen molar-refractivity contribution in [2.75, 3.05) is 32.9 Å². The summed E-state index contributed by atoms with van der Waals surface area (Å²) >= 11 is 0. The molecule has 21 heavy (non-hydrogen) atoms. The fourth-order valence-corrected chi connectivity index (χ4v) is 3.49. The van der Waals surface area contributed by atoms with Crippen molar-refractivity contribution in [2.45, 2.75) is 25.7 Å². The lowest BCUT2D eigenvalue weighted by atomic mass is 9.93. The Morgan fingerprint density at radius 3 is 2.43 bits per heavy atom. The molecular formula is C14H24FN3O2S. The van der Waals surface area contributed by atoms with Gasteiger partial charge in [0.1, 0.15) is 10.7 Å². The molecule has 0 aliphatic heterocycles. The molecule has 0 amide bonds. The molecule has 0 heterocycles. The summed E-state index contributed by atoms with van der Waals surface area (Å²) < 4.78 is 40.8. The highest BCUT2D eigenvalue weighted by Crippen LogP contribution is 2.22. The minimum absolute atomic E-state index is 0.209. The van der Waals surface area contributed by atoms with Crippen molar-refractivity contribution < 1.29 is 12.8 Å². The standard InChI is InChI=1S/C14H24FN3O2S/c1-10-6-11(15)13(7-12(10)16)21(19,20)17-8-14(2,3)9-18(4)5/h6-7,17H,8-9,16H2,1-5H3. The highest BCUT2D eigenvalue weighted by atomic mass is 32.2. The van der Waals surface area contributed by atoms with Crippen LogP contribution >= 0.6 is 0 Å². The Bertz CT molecular complexity index is 613. The van der Waals surface area contributed by atoms with E-state index in [1.54, 1.807) is 6.92 Å². The average Bonchev–Trinajstić information content (AvgIpc) is 2.30. The first-order valence-electron chi connectivity index (χ1n) is 6.65. The number of nitrogen functional groups attached to an aromatic ring is 1. The third-order valence-electron chi connectivity index (χ3n) is 3.10. The van der Waals surface area contributed by atoms with Gasteiger partial charge in [0.05, 0.1) is 0 Å². The van der Waals surface area contributed by atoms with Gasteiger partial charge < -0.3 is 10.6 Å². The van der Waals surface area contributed by atoms with Gasteiger partial charge in [-0.3, -0.25) is 0 Å². The van der Waals surface area contributed by atoms with Crippen molar-refractivity contribution in [3.05, 3.63) is 23.5 Å². The molecule has 0 fully saturated rings. The smallest absolute Gasteiger partial charge is 0.243 e. The van der Waals surface area contributed by atoms with Crippen LogP contribution in [-0.4, -0.2) is 40.5 Å². The summed E-state index contributed by atoms with van der Waals surface area (Å²) in [5, 5.41) is 0. The first-order valence-corrected chi connectivity index (χ1v) is 8.13. The molecule has 0 radical (unpaired) electrons. The number of anilines is 1. The minimum atomic E-state index is -3.92. The van der Waals surface area contributed by atoms with E-state index in [0.717, 1.165) is 12.1 Å². The summed E-state index contributed by atoms with van der Waals surface area (Å²) in [6.07, 6.45) is 0. The quantitative estimate of drug-likeness (QED) is 0.781. The summed E-state index contributed by atoms with van der Waals surface area (Å²) in [5.74, 6) is -0.792. The van der Waals surface area contributed by atoms with E-state index in [2.05, 4.69) is 4.72 Å². The van der Waals surface area contributed by atoms with Crippen molar-refractivity contribution >= 4 is 15.7 Å². The van der Waals surface area contributed by atoms with Gasteiger partial charge in [-0.1, -0.05) is 13.8 Å². The van der Waals surface area contributed by atoms with E-state index in [-0.39, 0.29) is 17.6 Å². The molecule has 7 heteroatoms. The topological polar surface area (TPSA) is 75.4 Å². The Morgan fingerprint density at radius 1 is 1.33 bits per heavy atom. The number of rotatable bonds is 6. The zero-order chi connectivity index (χ0) is 16.4. The van der Waals surface area contributed by atoms with Gasteiger partial charge in [-0.05, 0) is 44.1 Å². The summed E-state index contributed by atoms with van der Waals surface area (Å²) in [6.45, 7) is 6.42. The number of benzene rings is 1. The van der Waals surface area contributed by atoms with Gasteiger partial charge in [-0.2, -0.15) is 0 Å². The van der Waals surface area contributed by atoms with Crippen LogP contribution in [-0.2, 0) is 10.0 Å². The summed E-state index contributed by atoms with van der Waals surface area (Å²) in [4.78, 5) is 1.56. The lowest BCUT2D eigenvalue weighted by Gasteiger charge is -2.28. The average molecular weight is 317 g/mol. The third kappa shape index (κ3) is 4.94. The molecule has 0 aliphatic rings. The number of hydrogen-bond donors (Lipinski definition) is 2. The normalized spacial score (nSPS) is 12.9. The van der Waals surface area contributed by atoms with E-state index >= 15 is 0 Å². The van der Waals surface area contributed by atoms with E-state index in [1.165, 1.54) is 0 Å². The monoisotopic (exact) mass is 317 g/mol. The fourth-order valence-electron chi connectivity index (χ4n) is 2.15. The second kappa shape index (κ2) is 6.29. The molecule has 3 N–H and O–H groups in total. The number of nitrogens with one attached hydrogen (secondary N) is 1. The predicted octanol–water partition coefficient (Wildman–Crippen LogP) is 1.58. The molecule has 1 aromatic rings. The lowest BCUT2D eigenvalue weighted by molar-refractivity contribution is 0.242. The zero-order valence-corrected chi connectivity index (χ0v) is 14.0. The molecule has 0 aliphatic carbocycles. The van der Waals surface area contributed by atoms with Crippen molar-refractivity contribution in [1.82, 2.24) is 9.62 Å². The van der Waals surface area contributed by atoms with Gasteiger partial charge >= 0.3 is 0 Å². The van der Waals surface area contributed by atoms with E-state index in [1.807, 2.05) is 32.8 Å². The summed E-state index contributed by atoms with van der Waals surface area (Å²) in [6, 6.07) is 2.29. The largest absolute Gasteiger partial charge is 0.398 e. The number of nitrogens with zero attached hydrogens (tertiary/aromatic N) is 1. The number of sulfonamides is 1. The Kier molecular flexibility index (Phi) is 5.35. The highest BCUT2D eigenvalue weighted by Gasteiger charge is 2.25. The predicted molar refractivity (Wildman–Crippen MR) is 83.1 cm³/mol. The second-order valence-corrected chi connectivity index (χ2v) is 8.10. The van der Waals surface area contributed by atoms with E-state index in [9.17, 15) is 12.8 Å². The van der Waals surface area contributed by atoms with Crippen LogP contribution in [0.5, 0.6) is 0 Å². The van der Waals surface area contributed by atoms with Crippen molar-refractivity contribution in [2.24, 2.45) is 5.41 Å². The molecule has 0 bridgehead atoms. The molecule has 5 nitrogen and oxygen atoms in total. The molecule has 120 valence electrons. The van der Waals surface area contributed by atoms with Gasteiger partial charge in [0.15, 0.2) is 0 Å². The Balaban J connectivity index is 2.95. The number of aryl methyl sites for hydroxylation is 1. The molecule has 0 spiro atoms. The first kappa shape index (κ1) is 17.9. The molecule has 0 saturated heterocycles. The SMILES string of the molecule is Cc1cc(F)c(S(=O)(=O)NCC(C)(C)CN(C)C)cc1N. The Labute approximate surface area is 126 Å². The number of nitrogens with two attached hydrogens (primary N) is 1. The fraction of sp³-hybridized carbons (Fsp3) is 0.571. The van der Waals surface area contributed by atoms with Crippen LogP contribution < -0.4 is 10.5 Å². The Morgan fingerprint density at radius 2 is 1.90 bits per heavy atom. The zero-order valence-electron chi connectivity index (χ0n) is 13.2. The van der Waals surface area contributed by atoms with Crippen molar-refractivity contribution in [1.29, 1.82) is 0 Å². The van der Waals surface area contributed by atoms with Gasteiger partial charge in [-0.15, -0.1) is 0 Å². The van der Waals surface area contributed by atoms with Gasteiger partial charge in [0.2, 0.25) is 10.0 Å². The molecule has 1 rings (SSSR count). The van der Waals surface area contributed by atoms with E-state index in [4.69, 9.17) is 5.73 Å². The number of hydrogen-bond acceptors (Lipinski definition) is 4. The van der Waals surface area contributed by atoms with Crippen LogP contribution in [0.4, 0.5) is 10.1 Å². The maximum absolute atomic E-state index is 13.9. The van der Waals surface area contributed by atoms with Crippen LogP contribution in [0.3, 0.4) is 0 Å². The minimum Gasteiger partial charge on any atom is -0.398 e. The highest BCUT2D eigenvalue weighted by molar-refractivity contribution is 7.89. The van der Waals surface area contributed by atoms with Gasteiger partial charge in [0, 0.05) is 18.8 Å². The second-order valence-electron chi connectivity index (χ2n) is 6.37. The lowest BCUT2D eigenvalue weighted by Crippen LogP contribution is -2.40. The maximum atomic E-state index is 13.9. The Hall–Kier alpha value is -1.18. The maximum Gasteiger partial charge on any atom is 0.243 e. The van der Waals surface area contributed by atoms with Crippen molar-refractivity contribution in [3.63, 3.8) is 0 Å². The molecule has 0 aromatic heterocycles. The van der Waals surface area contributed by atoms with Crippen LogP contribution in [0.15, 0.2) is 17.0 Å². The molecular weight excluding hydrogens is 293 g/mol. The van der Waals surface area contributed by atoms with Gasteiger partial charge in [0.25, 0.3) is 0 Å². The van der Waals surface area contributed by atoms with Crippen LogP contribution in [0, 0.1) is 18.2 Å². The van der Waals surface area contributed by atoms with Crippen LogP contribution in [0.2, 0.25) is 0 Å². The van der Waals surface area contributed by atoms with Gasteiger partial charge in [-0.25, -0.2) is 17.5 Å². The first-order chi connectivity index (χ1) is 9.44. The van der Waals surface area contributed by atoms with E-state index < -0.39 is 20.7 Å². The summed E-state index contributed by atoms with van der Waals surface area (Å²) in [7, 11) is -0.0961. The molecule has 0 saturated carbocycles. The molecule has 1 aromatic carbocycles. The molecule has 0 unspecified atom stereocenters. The summed E-state index contributed by atoms with van der Waals surface area (Å²) in [5.41, 5.74) is 6.16. The van der Waals surface area contributed by atoms with Crippen molar-refractivity contribution in [3.8, 4) is 0 Å².